The Labute approximate surface area is 137 Å². The van der Waals surface area contributed by atoms with Crippen LogP contribution >= 0.6 is 23.1 Å². The van der Waals surface area contributed by atoms with Crippen molar-refractivity contribution >= 4 is 34.8 Å². The van der Waals surface area contributed by atoms with Gasteiger partial charge >= 0.3 is 6.03 Å². The van der Waals surface area contributed by atoms with Crippen LogP contribution < -0.4 is 5.32 Å². The number of hydrogen-bond donors (Lipinski definition) is 1. The Morgan fingerprint density at radius 1 is 1.41 bits per heavy atom. The average Bonchev–Trinajstić information content (AvgIpc) is 3.04. The first-order valence-corrected chi connectivity index (χ1v) is 9.13. The zero-order chi connectivity index (χ0) is 15.5. The van der Waals surface area contributed by atoms with E-state index in [1.54, 1.807) is 24.3 Å². The van der Waals surface area contributed by atoms with E-state index >= 15 is 0 Å². The molecule has 3 rings (SSSR count). The summed E-state index contributed by atoms with van der Waals surface area (Å²) < 4.78 is 13.2. The average molecular weight is 336 g/mol. The second-order valence-electron chi connectivity index (χ2n) is 5.19. The van der Waals surface area contributed by atoms with Crippen molar-refractivity contribution in [3.8, 4) is 0 Å². The van der Waals surface area contributed by atoms with Crippen molar-refractivity contribution in [3.05, 3.63) is 52.0 Å². The van der Waals surface area contributed by atoms with Crippen LogP contribution in [0.5, 0.6) is 0 Å². The standard InChI is InChI=1S/C16H17FN2OS2/c1-11-9-12(17)4-5-13(11)18-16(20)19-6-8-21-10-14(19)15-3-2-7-22-15/h2-5,7,9,14H,6,8,10H2,1H3,(H,18,20)/t14-/m0/s1. The molecule has 0 unspecified atom stereocenters. The molecule has 116 valence electrons. The molecule has 1 N–H and O–H groups in total. The summed E-state index contributed by atoms with van der Waals surface area (Å²) in [4.78, 5) is 15.7. The van der Waals surface area contributed by atoms with Crippen LogP contribution in [0.3, 0.4) is 0 Å². The lowest BCUT2D eigenvalue weighted by atomic mass is 10.2. The summed E-state index contributed by atoms with van der Waals surface area (Å²) >= 11 is 3.55. The number of thiophene rings is 1. The zero-order valence-corrected chi connectivity index (χ0v) is 13.8. The van der Waals surface area contributed by atoms with Gasteiger partial charge in [-0.2, -0.15) is 11.8 Å². The predicted octanol–water partition coefficient (Wildman–Crippen LogP) is 4.52. The number of thioether (sulfide) groups is 1. The van der Waals surface area contributed by atoms with Crippen LogP contribution in [0.25, 0.3) is 0 Å². The number of rotatable bonds is 2. The Kier molecular flexibility index (Phi) is 4.69. The van der Waals surface area contributed by atoms with Crippen molar-refractivity contribution in [1.29, 1.82) is 0 Å². The molecular formula is C16H17FN2OS2. The minimum atomic E-state index is -0.290. The van der Waals surface area contributed by atoms with Crippen LogP contribution in [0, 0.1) is 12.7 Å². The number of amides is 2. The maximum absolute atomic E-state index is 13.2. The van der Waals surface area contributed by atoms with Gasteiger partial charge in [-0.25, -0.2) is 9.18 Å². The number of carbonyl (C=O) groups excluding carboxylic acids is 1. The van der Waals surface area contributed by atoms with Crippen molar-refractivity contribution in [2.45, 2.75) is 13.0 Å². The second kappa shape index (κ2) is 6.71. The predicted molar refractivity (Wildman–Crippen MR) is 91.2 cm³/mol. The first kappa shape index (κ1) is 15.4. The fourth-order valence-electron chi connectivity index (χ4n) is 2.52. The van der Waals surface area contributed by atoms with Crippen molar-refractivity contribution in [2.75, 3.05) is 23.4 Å². The smallest absolute Gasteiger partial charge is 0.315 e. The summed E-state index contributed by atoms with van der Waals surface area (Å²) in [5.74, 6) is 1.56. The molecule has 22 heavy (non-hydrogen) atoms. The van der Waals surface area contributed by atoms with Gasteiger partial charge < -0.3 is 10.2 Å². The van der Waals surface area contributed by atoms with Crippen LogP contribution in [0.2, 0.25) is 0 Å². The molecule has 3 nitrogen and oxygen atoms in total. The number of aryl methyl sites for hydroxylation is 1. The molecule has 1 aromatic carbocycles. The van der Waals surface area contributed by atoms with E-state index in [0.717, 1.165) is 23.6 Å². The van der Waals surface area contributed by atoms with Gasteiger partial charge in [-0.15, -0.1) is 11.3 Å². The van der Waals surface area contributed by atoms with E-state index in [9.17, 15) is 9.18 Å². The normalized spacial score (nSPS) is 18.3. The number of benzene rings is 1. The summed E-state index contributed by atoms with van der Waals surface area (Å²) in [6, 6.07) is 8.49. The molecule has 2 amide bonds. The Morgan fingerprint density at radius 2 is 2.27 bits per heavy atom. The molecule has 1 aliphatic heterocycles. The van der Waals surface area contributed by atoms with Crippen molar-refractivity contribution in [1.82, 2.24) is 4.90 Å². The van der Waals surface area contributed by atoms with Gasteiger partial charge in [0.05, 0.1) is 6.04 Å². The monoisotopic (exact) mass is 336 g/mol. The van der Waals surface area contributed by atoms with Gasteiger partial charge in [0.2, 0.25) is 0 Å². The molecule has 1 saturated heterocycles. The van der Waals surface area contributed by atoms with Gasteiger partial charge in [-0.05, 0) is 42.1 Å². The summed E-state index contributed by atoms with van der Waals surface area (Å²) in [5, 5.41) is 4.95. The van der Waals surface area contributed by atoms with Gasteiger partial charge in [-0.1, -0.05) is 6.07 Å². The lowest BCUT2D eigenvalue weighted by Gasteiger charge is -2.35. The second-order valence-corrected chi connectivity index (χ2v) is 7.32. The van der Waals surface area contributed by atoms with Gasteiger partial charge in [0, 0.05) is 28.6 Å². The maximum Gasteiger partial charge on any atom is 0.322 e. The molecule has 1 aromatic heterocycles. The van der Waals surface area contributed by atoms with Crippen molar-refractivity contribution in [2.24, 2.45) is 0 Å². The summed E-state index contributed by atoms with van der Waals surface area (Å²) in [7, 11) is 0. The van der Waals surface area contributed by atoms with E-state index in [0.29, 0.717) is 5.69 Å². The highest BCUT2D eigenvalue weighted by molar-refractivity contribution is 7.99. The highest BCUT2D eigenvalue weighted by Crippen LogP contribution is 2.32. The van der Waals surface area contributed by atoms with Crippen molar-refractivity contribution in [3.63, 3.8) is 0 Å². The fraction of sp³-hybridized carbons (Fsp3) is 0.312. The van der Waals surface area contributed by atoms with E-state index in [4.69, 9.17) is 0 Å². The zero-order valence-electron chi connectivity index (χ0n) is 12.2. The maximum atomic E-state index is 13.2. The van der Waals surface area contributed by atoms with Crippen LogP contribution in [-0.4, -0.2) is 29.0 Å². The number of carbonyl (C=O) groups is 1. The lowest BCUT2D eigenvalue weighted by molar-refractivity contribution is 0.197. The van der Waals surface area contributed by atoms with Crippen LogP contribution in [0.1, 0.15) is 16.5 Å². The third-order valence-electron chi connectivity index (χ3n) is 3.69. The number of urea groups is 1. The molecule has 1 atom stereocenters. The van der Waals surface area contributed by atoms with Crippen LogP contribution in [0.4, 0.5) is 14.9 Å². The fourth-order valence-corrected chi connectivity index (χ4v) is 4.54. The van der Waals surface area contributed by atoms with Gasteiger partial charge in [0.15, 0.2) is 0 Å². The number of anilines is 1. The van der Waals surface area contributed by atoms with Crippen LogP contribution in [0.15, 0.2) is 35.7 Å². The first-order chi connectivity index (χ1) is 10.6. The quantitative estimate of drug-likeness (QED) is 0.874. The van der Waals surface area contributed by atoms with Gasteiger partial charge in [-0.3, -0.25) is 0 Å². The van der Waals surface area contributed by atoms with Crippen molar-refractivity contribution < 1.29 is 9.18 Å². The van der Waals surface area contributed by atoms with E-state index in [1.165, 1.54) is 17.0 Å². The molecule has 0 bridgehead atoms. The van der Waals surface area contributed by atoms with E-state index in [2.05, 4.69) is 11.4 Å². The van der Waals surface area contributed by atoms with Crippen LogP contribution in [-0.2, 0) is 0 Å². The topological polar surface area (TPSA) is 32.3 Å². The third kappa shape index (κ3) is 3.28. The molecule has 0 aliphatic carbocycles. The molecular weight excluding hydrogens is 319 g/mol. The Bertz CT molecular complexity index is 660. The summed E-state index contributed by atoms with van der Waals surface area (Å²) in [5.41, 5.74) is 1.39. The summed E-state index contributed by atoms with van der Waals surface area (Å²) in [6.45, 7) is 2.51. The van der Waals surface area contributed by atoms with Gasteiger partial charge in [0.25, 0.3) is 0 Å². The number of hydrogen-bond acceptors (Lipinski definition) is 3. The molecule has 1 fully saturated rings. The minimum absolute atomic E-state index is 0.111. The van der Waals surface area contributed by atoms with E-state index < -0.39 is 0 Å². The SMILES string of the molecule is Cc1cc(F)ccc1NC(=O)N1CCSC[C@H]1c1cccs1. The number of nitrogens with one attached hydrogen (secondary N) is 1. The lowest BCUT2D eigenvalue weighted by Crippen LogP contribution is -2.43. The Hall–Kier alpha value is -1.53. The molecule has 6 heteroatoms. The van der Waals surface area contributed by atoms with E-state index in [1.807, 2.05) is 28.1 Å². The Balaban J connectivity index is 1.77. The minimum Gasteiger partial charge on any atom is -0.315 e. The van der Waals surface area contributed by atoms with E-state index in [-0.39, 0.29) is 17.9 Å². The third-order valence-corrected chi connectivity index (χ3v) is 5.69. The highest BCUT2D eigenvalue weighted by Gasteiger charge is 2.29. The number of halogens is 1. The number of nitrogens with zero attached hydrogens (tertiary/aromatic N) is 1. The molecule has 1 aliphatic rings. The Morgan fingerprint density at radius 3 is 3.00 bits per heavy atom. The molecule has 2 aromatic rings. The molecule has 0 saturated carbocycles. The largest absolute Gasteiger partial charge is 0.322 e. The highest BCUT2D eigenvalue weighted by atomic mass is 32.2. The first-order valence-electron chi connectivity index (χ1n) is 7.10. The summed E-state index contributed by atoms with van der Waals surface area (Å²) in [6.07, 6.45) is 0. The molecule has 0 spiro atoms. The molecule has 2 heterocycles. The molecule has 0 radical (unpaired) electrons. The van der Waals surface area contributed by atoms with Gasteiger partial charge in [0.1, 0.15) is 5.82 Å².